The van der Waals surface area contributed by atoms with Gasteiger partial charge in [0.2, 0.25) is 0 Å². The van der Waals surface area contributed by atoms with E-state index in [9.17, 15) is 13.2 Å². The van der Waals surface area contributed by atoms with Crippen LogP contribution in [0.1, 0.15) is 18.0 Å². The lowest BCUT2D eigenvalue weighted by Gasteiger charge is -2.30. The molecule has 0 bridgehead atoms. The molecular weight excluding hydrogens is 576 g/mol. The first kappa shape index (κ1) is 30.6. The quantitative estimate of drug-likeness (QED) is 0.303. The molecule has 8 nitrogen and oxygen atoms in total. The Kier molecular flexibility index (Phi) is 9.13. The van der Waals surface area contributed by atoms with Gasteiger partial charge in [-0.2, -0.15) is 18.3 Å². The predicted molar refractivity (Wildman–Crippen MR) is 151 cm³/mol. The first-order valence-electron chi connectivity index (χ1n) is 11.6. The maximum absolute atomic E-state index is 14.1. The normalized spacial score (nSPS) is 16.5. The van der Waals surface area contributed by atoms with Gasteiger partial charge in [0.05, 0.1) is 11.7 Å². The van der Waals surface area contributed by atoms with Crippen molar-refractivity contribution < 1.29 is 13.2 Å². The minimum Gasteiger partial charge on any atom is -0.326 e. The second kappa shape index (κ2) is 11.6. The first-order chi connectivity index (χ1) is 17.3. The van der Waals surface area contributed by atoms with Gasteiger partial charge in [0.15, 0.2) is 11.5 Å². The number of nitrogens with two attached hydrogens (primary N) is 1. The van der Waals surface area contributed by atoms with Gasteiger partial charge in [-0.15, -0.1) is 47.4 Å². The highest BCUT2D eigenvalue weighted by atomic mass is 35.5. The second-order valence-corrected chi connectivity index (χ2v) is 9.21. The number of hydrogen-bond donors (Lipinski definition) is 1. The number of aryl methyl sites for hydroxylation is 1. The van der Waals surface area contributed by atoms with Gasteiger partial charge in [-0.3, -0.25) is 14.0 Å². The molecule has 4 aromatic heterocycles. The van der Waals surface area contributed by atoms with Gasteiger partial charge in [0.1, 0.15) is 11.7 Å². The van der Waals surface area contributed by atoms with Gasteiger partial charge in [-0.25, -0.2) is 4.98 Å². The Balaban J connectivity index is 0.00000140. The third kappa shape index (κ3) is 5.82. The molecule has 39 heavy (non-hydrogen) atoms. The number of aromatic nitrogens is 6. The molecule has 6 rings (SSSR count). The summed E-state index contributed by atoms with van der Waals surface area (Å²) in [6, 6.07) is 10.7. The van der Waals surface area contributed by atoms with E-state index in [4.69, 9.17) is 10.7 Å². The van der Waals surface area contributed by atoms with E-state index in [-0.39, 0.29) is 55.4 Å². The zero-order valence-corrected chi connectivity index (χ0v) is 23.1. The van der Waals surface area contributed by atoms with Crippen LogP contribution in [-0.2, 0) is 7.05 Å². The molecular formula is C25H26Cl3F3N8. The number of hydrogen-bond acceptors (Lipinski definition) is 6. The van der Waals surface area contributed by atoms with E-state index in [1.54, 1.807) is 27.4 Å². The van der Waals surface area contributed by atoms with Crippen molar-refractivity contribution in [2.75, 3.05) is 13.1 Å². The van der Waals surface area contributed by atoms with Crippen LogP contribution in [0.3, 0.4) is 0 Å². The average Bonchev–Trinajstić information content (AvgIpc) is 3.57. The topological polar surface area (TPSA) is 90.2 Å². The molecule has 0 unspecified atom stereocenters. The summed E-state index contributed by atoms with van der Waals surface area (Å²) in [6.45, 7) is 0.493. The molecule has 208 valence electrons. The lowest BCUT2D eigenvalue weighted by molar-refractivity contribution is -0.183. The molecule has 0 radical (unpaired) electrons. The molecule has 1 aliphatic rings. The molecule has 0 saturated carbocycles. The van der Waals surface area contributed by atoms with Crippen LogP contribution < -0.4 is 5.73 Å². The van der Waals surface area contributed by atoms with E-state index >= 15 is 0 Å². The van der Waals surface area contributed by atoms with Crippen LogP contribution in [0.5, 0.6) is 0 Å². The summed E-state index contributed by atoms with van der Waals surface area (Å²) in [5, 5.41) is 13.6. The van der Waals surface area contributed by atoms with Crippen LogP contribution >= 0.6 is 37.2 Å². The van der Waals surface area contributed by atoms with Crippen LogP contribution in [0.2, 0.25) is 0 Å². The Hall–Kier alpha value is -2.96. The van der Waals surface area contributed by atoms with Crippen molar-refractivity contribution in [3.63, 3.8) is 0 Å². The molecule has 1 fully saturated rings. The highest BCUT2D eigenvalue weighted by molar-refractivity contribution is 5.86. The van der Waals surface area contributed by atoms with Crippen molar-refractivity contribution in [1.29, 1.82) is 0 Å². The monoisotopic (exact) mass is 600 g/mol. The van der Waals surface area contributed by atoms with Gasteiger partial charge < -0.3 is 5.73 Å². The van der Waals surface area contributed by atoms with E-state index < -0.39 is 12.2 Å². The number of benzene rings is 1. The number of rotatable bonds is 4. The van der Waals surface area contributed by atoms with E-state index in [1.165, 1.54) is 17.2 Å². The molecule has 2 N–H and O–H groups in total. The zero-order valence-electron chi connectivity index (χ0n) is 20.6. The highest BCUT2D eigenvalue weighted by Gasteiger charge is 2.46. The number of nitrogens with zero attached hydrogens (tertiary/aromatic N) is 7. The highest BCUT2D eigenvalue weighted by Crippen LogP contribution is 2.39. The summed E-state index contributed by atoms with van der Waals surface area (Å²) < 4.78 is 45.7. The van der Waals surface area contributed by atoms with Gasteiger partial charge >= 0.3 is 6.18 Å². The largest absolute Gasteiger partial charge is 0.408 e. The Bertz CT molecular complexity index is 1590. The van der Waals surface area contributed by atoms with E-state index in [0.717, 1.165) is 22.0 Å². The number of halogens is 6. The van der Waals surface area contributed by atoms with E-state index in [0.29, 0.717) is 30.1 Å². The van der Waals surface area contributed by atoms with Gasteiger partial charge in [-0.05, 0) is 35.7 Å². The number of pyridine rings is 2. The molecule has 0 amide bonds. The zero-order chi connectivity index (χ0) is 25.0. The van der Waals surface area contributed by atoms with Crippen molar-refractivity contribution in [2.24, 2.45) is 12.8 Å². The van der Waals surface area contributed by atoms with Crippen LogP contribution in [0, 0.1) is 0 Å². The van der Waals surface area contributed by atoms with Gasteiger partial charge in [0.25, 0.3) is 0 Å². The lowest BCUT2D eigenvalue weighted by atomic mass is 10.1. The van der Waals surface area contributed by atoms with Crippen LogP contribution in [-0.4, -0.2) is 59.6 Å². The molecule has 5 aromatic rings. The molecule has 1 saturated heterocycles. The molecule has 1 aromatic carbocycles. The number of alkyl halides is 3. The Morgan fingerprint density at radius 2 is 1.74 bits per heavy atom. The Morgan fingerprint density at radius 3 is 2.41 bits per heavy atom. The summed E-state index contributed by atoms with van der Waals surface area (Å²) in [5.41, 5.74) is 9.64. The minimum absolute atomic E-state index is 0. The molecule has 0 spiro atoms. The number of fused-ring (bicyclic) bond motifs is 2. The van der Waals surface area contributed by atoms with Crippen molar-refractivity contribution in [1.82, 2.24) is 34.3 Å². The fourth-order valence-corrected chi connectivity index (χ4v) is 4.89. The summed E-state index contributed by atoms with van der Waals surface area (Å²) in [6.07, 6.45) is 1.25. The van der Waals surface area contributed by atoms with Gasteiger partial charge in [-0.1, -0.05) is 24.3 Å². The second-order valence-electron chi connectivity index (χ2n) is 9.21. The number of likely N-dealkylation sites (tertiary alicyclic amines) is 1. The maximum Gasteiger partial charge on any atom is 0.408 e. The third-order valence-corrected chi connectivity index (χ3v) is 6.63. The van der Waals surface area contributed by atoms with Gasteiger partial charge in [0, 0.05) is 49.5 Å². The maximum atomic E-state index is 14.1. The summed E-state index contributed by atoms with van der Waals surface area (Å²) >= 11 is 0. The Morgan fingerprint density at radius 1 is 0.974 bits per heavy atom. The molecule has 1 aliphatic heterocycles. The summed E-state index contributed by atoms with van der Waals surface area (Å²) in [5.74, 6) is 0.375. The third-order valence-electron chi connectivity index (χ3n) is 6.63. The SMILES string of the molecule is Cl.Cl.Cl.Cn1cc(-c2ccc3ccc(-c4nnc5ccc([C@H](N6CC[C@H](N)C6)C(F)(F)F)cn45)nc3c2)cn1. The van der Waals surface area contributed by atoms with Crippen molar-refractivity contribution in [3.05, 3.63) is 66.6 Å². The summed E-state index contributed by atoms with van der Waals surface area (Å²) in [4.78, 5) is 6.16. The first-order valence-corrected chi connectivity index (χ1v) is 11.6. The van der Waals surface area contributed by atoms with Crippen molar-refractivity contribution in [3.8, 4) is 22.6 Å². The lowest BCUT2D eigenvalue weighted by Crippen LogP contribution is -2.38. The van der Waals surface area contributed by atoms with E-state index in [2.05, 4.69) is 15.3 Å². The van der Waals surface area contributed by atoms with Crippen molar-refractivity contribution >= 4 is 53.8 Å². The average molecular weight is 602 g/mol. The van der Waals surface area contributed by atoms with Crippen LogP contribution in [0.15, 0.2) is 61.1 Å². The molecule has 5 heterocycles. The smallest absolute Gasteiger partial charge is 0.326 e. The fourth-order valence-electron chi connectivity index (χ4n) is 4.89. The molecule has 14 heteroatoms. The molecule has 0 aliphatic carbocycles. The summed E-state index contributed by atoms with van der Waals surface area (Å²) in [7, 11) is 1.85. The van der Waals surface area contributed by atoms with Crippen LogP contribution in [0.25, 0.3) is 39.2 Å². The standard InChI is InChI=1S/C25H23F3N8.3ClH/c1-34-12-18(11-30-34)16-3-2-15-4-6-20(31-21(15)10-16)24-33-32-22-7-5-17(13-36(22)24)23(25(26,27)28)35-9-8-19(29)14-35;;;/h2-7,10-13,19,23H,8-9,14,29H2,1H3;3*1H/t19-,23-;;;/m0.../s1. The minimum atomic E-state index is -4.45. The van der Waals surface area contributed by atoms with E-state index in [1.807, 2.05) is 37.5 Å². The Labute approximate surface area is 240 Å². The predicted octanol–water partition coefficient (Wildman–Crippen LogP) is 5.25. The van der Waals surface area contributed by atoms with Crippen LogP contribution in [0.4, 0.5) is 13.2 Å². The fraction of sp³-hybridized carbons (Fsp3) is 0.280. The van der Waals surface area contributed by atoms with Crippen molar-refractivity contribution in [2.45, 2.75) is 24.7 Å². The molecule has 2 atom stereocenters.